The van der Waals surface area contributed by atoms with Gasteiger partial charge in [0.1, 0.15) is 0 Å². The third-order valence-corrected chi connectivity index (χ3v) is 4.07. The number of aromatic nitrogens is 4. The number of hydrogen-bond acceptors (Lipinski definition) is 3. The summed E-state index contributed by atoms with van der Waals surface area (Å²) in [5.74, 6) is 0.982. The minimum absolute atomic E-state index is 0.943. The molecule has 3 aromatic rings. The van der Waals surface area contributed by atoms with Crippen molar-refractivity contribution >= 4 is 11.8 Å². The van der Waals surface area contributed by atoms with Crippen LogP contribution in [0.4, 0.5) is 0 Å². The molecule has 0 spiro atoms. The number of rotatable bonds is 5. The van der Waals surface area contributed by atoms with Gasteiger partial charge in [-0.05, 0) is 0 Å². The second-order valence-electron chi connectivity index (χ2n) is 4.53. The zero-order valence-electron chi connectivity index (χ0n) is 11.3. The Balaban J connectivity index is 1.67. The monoisotopic (exact) mass is 284 g/mol. The number of benzene rings is 1. The van der Waals surface area contributed by atoms with Crippen molar-refractivity contribution in [3.8, 4) is 11.3 Å². The van der Waals surface area contributed by atoms with Crippen molar-refractivity contribution in [1.29, 1.82) is 0 Å². The van der Waals surface area contributed by atoms with Crippen LogP contribution in [0.15, 0.2) is 60.4 Å². The van der Waals surface area contributed by atoms with Crippen LogP contribution in [-0.2, 0) is 13.6 Å². The summed E-state index contributed by atoms with van der Waals surface area (Å²) in [6, 6.07) is 10.3. The molecule has 3 rings (SSSR count). The predicted molar refractivity (Wildman–Crippen MR) is 81.6 cm³/mol. The van der Waals surface area contributed by atoms with Gasteiger partial charge in [0.15, 0.2) is 5.16 Å². The highest BCUT2D eigenvalue weighted by atomic mass is 32.2. The van der Waals surface area contributed by atoms with Crippen LogP contribution in [0, 0.1) is 0 Å². The lowest BCUT2D eigenvalue weighted by molar-refractivity contribution is 0.758. The van der Waals surface area contributed by atoms with E-state index in [-0.39, 0.29) is 0 Å². The number of nitrogens with zero attached hydrogens (tertiary/aromatic N) is 4. The number of imidazole rings is 2. The van der Waals surface area contributed by atoms with Gasteiger partial charge in [0.25, 0.3) is 0 Å². The van der Waals surface area contributed by atoms with Gasteiger partial charge >= 0.3 is 0 Å². The minimum atomic E-state index is 0.943. The van der Waals surface area contributed by atoms with Crippen molar-refractivity contribution in [2.45, 2.75) is 11.7 Å². The molecule has 0 saturated carbocycles. The van der Waals surface area contributed by atoms with Gasteiger partial charge in [-0.3, -0.25) is 0 Å². The van der Waals surface area contributed by atoms with E-state index in [0.29, 0.717) is 0 Å². The third-order valence-electron chi connectivity index (χ3n) is 3.04. The average Bonchev–Trinajstić information content (AvgIpc) is 3.11. The molecule has 0 radical (unpaired) electrons. The Bertz CT molecular complexity index is 659. The number of aryl methyl sites for hydroxylation is 2. The first-order valence-corrected chi connectivity index (χ1v) is 7.49. The Kier molecular flexibility index (Phi) is 3.87. The number of hydrogen-bond donors (Lipinski definition) is 0. The topological polar surface area (TPSA) is 35.6 Å². The molecule has 0 saturated heterocycles. The van der Waals surface area contributed by atoms with Crippen molar-refractivity contribution in [2.75, 3.05) is 5.75 Å². The molecule has 2 heterocycles. The summed E-state index contributed by atoms with van der Waals surface area (Å²) < 4.78 is 4.16. The smallest absolute Gasteiger partial charge is 0.168 e. The Morgan fingerprint density at radius 1 is 1.20 bits per heavy atom. The molecule has 0 aliphatic rings. The van der Waals surface area contributed by atoms with Crippen molar-refractivity contribution in [2.24, 2.45) is 7.05 Å². The molecule has 0 amide bonds. The summed E-state index contributed by atoms with van der Waals surface area (Å²) in [4.78, 5) is 8.74. The zero-order valence-corrected chi connectivity index (χ0v) is 12.1. The molecule has 0 unspecified atom stereocenters. The second kappa shape index (κ2) is 5.96. The number of thioether (sulfide) groups is 1. The van der Waals surface area contributed by atoms with Gasteiger partial charge in [-0.2, -0.15) is 0 Å². The Hall–Kier alpha value is -2.01. The average molecular weight is 284 g/mol. The normalized spacial score (nSPS) is 10.8. The lowest BCUT2D eigenvalue weighted by Gasteiger charge is -2.02. The Morgan fingerprint density at radius 2 is 2.05 bits per heavy atom. The first-order chi connectivity index (χ1) is 9.83. The Labute approximate surface area is 122 Å². The third kappa shape index (κ3) is 2.93. The van der Waals surface area contributed by atoms with Gasteiger partial charge in [-0.15, -0.1) is 0 Å². The van der Waals surface area contributed by atoms with Gasteiger partial charge in [0.05, 0.1) is 12.0 Å². The maximum atomic E-state index is 4.70. The summed E-state index contributed by atoms with van der Waals surface area (Å²) in [6.07, 6.45) is 7.70. The van der Waals surface area contributed by atoms with Crippen LogP contribution in [-0.4, -0.2) is 24.9 Å². The molecule has 0 N–H and O–H groups in total. The van der Waals surface area contributed by atoms with Gasteiger partial charge in [-0.1, -0.05) is 42.1 Å². The van der Waals surface area contributed by atoms with E-state index in [9.17, 15) is 0 Å². The molecule has 0 atom stereocenters. The van der Waals surface area contributed by atoms with Crippen molar-refractivity contribution < 1.29 is 0 Å². The summed E-state index contributed by atoms with van der Waals surface area (Å²) in [7, 11) is 2.04. The maximum Gasteiger partial charge on any atom is 0.168 e. The van der Waals surface area contributed by atoms with E-state index < -0.39 is 0 Å². The molecule has 1 aromatic carbocycles. The van der Waals surface area contributed by atoms with Crippen LogP contribution in [0.5, 0.6) is 0 Å². The first kappa shape index (κ1) is 13.0. The summed E-state index contributed by atoms with van der Waals surface area (Å²) >= 11 is 1.76. The fourth-order valence-corrected chi connectivity index (χ4v) is 2.90. The van der Waals surface area contributed by atoms with Crippen LogP contribution >= 0.6 is 11.8 Å². The Morgan fingerprint density at radius 3 is 2.80 bits per heavy atom. The van der Waals surface area contributed by atoms with E-state index in [0.717, 1.165) is 28.7 Å². The fourth-order valence-electron chi connectivity index (χ4n) is 1.99. The molecular formula is C15H16N4S. The van der Waals surface area contributed by atoms with E-state index >= 15 is 0 Å². The highest BCUT2D eigenvalue weighted by molar-refractivity contribution is 7.99. The van der Waals surface area contributed by atoms with Crippen molar-refractivity contribution in [1.82, 2.24) is 19.1 Å². The molecule has 20 heavy (non-hydrogen) atoms. The van der Waals surface area contributed by atoms with E-state index in [1.54, 1.807) is 18.0 Å². The molecule has 0 bridgehead atoms. The lowest BCUT2D eigenvalue weighted by Crippen LogP contribution is -1.98. The fraction of sp³-hybridized carbons (Fsp3) is 0.200. The molecule has 102 valence electrons. The van der Waals surface area contributed by atoms with Crippen LogP contribution < -0.4 is 0 Å². The lowest BCUT2D eigenvalue weighted by atomic mass is 10.2. The van der Waals surface area contributed by atoms with Crippen molar-refractivity contribution in [3.63, 3.8) is 0 Å². The molecule has 0 aliphatic carbocycles. The molecule has 5 heteroatoms. The molecule has 0 aliphatic heterocycles. The summed E-state index contributed by atoms with van der Waals surface area (Å²) in [5, 5.41) is 1.05. The quantitative estimate of drug-likeness (QED) is 0.675. The molecule has 4 nitrogen and oxygen atoms in total. The summed E-state index contributed by atoms with van der Waals surface area (Å²) in [6.45, 7) is 0.943. The van der Waals surface area contributed by atoms with Gasteiger partial charge in [0, 0.05) is 43.5 Å². The van der Waals surface area contributed by atoms with Crippen LogP contribution in [0.2, 0.25) is 0 Å². The maximum absolute atomic E-state index is 4.70. The van der Waals surface area contributed by atoms with E-state index in [1.165, 1.54) is 0 Å². The SMILES string of the molecule is Cn1cc(-c2ccccc2)nc1SCCn1ccnc1. The summed E-state index contributed by atoms with van der Waals surface area (Å²) in [5.41, 5.74) is 2.18. The highest BCUT2D eigenvalue weighted by Gasteiger charge is 2.07. The van der Waals surface area contributed by atoms with Crippen LogP contribution in [0.3, 0.4) is 0 Å². The largest absolute Gasteiger partial charge is 0.337 e. The zero-order chi connectivity index (χ0) is 13.8. The second-order valence-corrected chi connectivity index (χ2v) is 5.60. The standard InChI is InChI=1S/C15H16N4S/c1-18-11-14(13-5-3-2-4-6-13)17-15(18)20-10-9-19-8-7-16-12-19/h2-8,11-12H,9-10H2,1H3. The molecular weight excluding hydrogens is 268 g/mol. The highest BCUT2D eigenvalue weighted by Crippen LogP contribution is 2.23. The van der Waals surface area contributed by atoms with E-state index in [2.05, 4.69) is 32.4 Å². The van der Waals surface area contributed by atoms with Gasteiger partial charge in [0.2, 0.25) is 0 Å². The van der Waals surface area contributed by atoms with E-state index in [1.807, 2.05) is 37.8 Å². The first-order valence-electron chi connectivity index (χ1n) is 6.50. The minimum Gasteiger partial charge on any atom is -0.337 e. The molecule has 0 fully saturated rings. The predicted octanol–water partition coefficient (Wildman–Crippen LogP) is 3.08. The van der Waals surface area contributed by atoms with Crippen LogP contribution in [0.25, 0.3) is 11.3 Å². The van der Waals surface area contributed by atoms with E-state index in [4.69, 9.17) is 4.98 Å². The van der Waals surface area contributed by atoms with Gasteiger partial charge in [-0.25, -0.2) is 9.97 Å². The molecule has 2 aromatic heterocycles. The van der Waals surface area contributed by atoms with Crippen molar-refractivity contribution in [3.05, 3.63) is 55.2 Å². The van der Waals surface area contributed by atoms with Crippen LogP contribution in [0.1, 0.15) is 0 Å². The van der Waals surface area contributed by atoms with Gasteiger partial charge < -0.3 is 9.13 Å².